The van der Waals surface area contributed by atoms with Gasteiger partial charge in [-0.25, -0.2) is 0 Å². The lowest BCUT2D eigenvalue weighted by Gasteiger charge is -2.31. The number of nitrogens with one attached hydrogen (secondary N) is 1. The van der Waals surface area contributed by atoms with Crippen LogP contribution < -0.4 is 10.2 Å². The minimum Gasteiger partial charge on any atom is -0.383 e. The molecule has 144 valence electrons. The van der Waals surface area contributed by atoms with E-state index in [9.17, 15) is 4.79 Å². The van der Waals surface area contributed by atoms with Crippen molar-refractivity contribution < 1.29 is 14.3 Å². The van der Waals surface area contributed by atoms with E-state index in [1.165, 1.54) is 11.3 Å². The third kappa shape index (κ3) is 7.79. The number of ether oxygens (including phenoxy) is 2. The van der Waals surface area contributed by atoms with E-state index in [0.717, 1.165) is 26.3 Å². The van der Waals surface area contributed by atoms with Gasteiger partial charge in [0.2, 0.25) is 5.91 Å². The van der Waals surface area contributed by atoms with E-state index in [1.54, 1.807) is 12.0 Å². The maximum atomic E-state index is 12.2. The van der Waals surface area contributed by atoms with Crippen molar-refractivity contribution in [1.29, 1.82) is 0 Å². The molecule has 0 aromatic heterocycles. The van der Waals surface area contributed by atoms with Gasteiger partial charge in [0.15, 0.2) is 0 Å². The van der Waals surface area contributed by atoms with Crippen LogP contribution >= 0.6 is 24.8 Å². The molecule has 1 aliphatic rings. The van der Waals surface area contributed by atoms with Gasteiger partial charge in [-0.15, -0.1) is 24.8 Å². The van der Waals surface area contributed by atoms with Gasteiger partial charge >= 0.3 is 0 Å². The van der Waals surface area contributed by atoms with E-state index in [1.807, 2.05) is 19.2 Å². The molecule has 0 radical (unpaired) electrons. The van der Waals surface area contributed by atoms with Gasteiger partial charge in [-0.05, 0) is 11.6 Å². The van der Waals surface area contributed by atoms with Gasteiger partial charge in [0.1, 0.15) is 0 Å². The molecule has 1 aromatic rings. The Labute approximate surface area is 162 Å². The summed E-state index contributed by atoms with van der Waals surface area (Å²) >= 11 is 0. The number of hydrogen-bond acceptors (Lipinski definition) is 5. The van der Waals surface area contributed by atoms with Crippen molar-refractivity contribution >= 4 is 36.4 Å². The van der Waals surface area contributed by atoms with Gasteiger partial charge < -0.3 is 24.6 Å². The lowest BCUT2D eigenvalue weighted by Crippen LogP contribution is -2.38. The average Bonchev–Trinajstić information content (AvgIpc) is 2.59. The first-order valence-corrected chi connectivity index (χ1v) is 8.06. The minimum absolute atomic E-state index is 0. The van der Waals surface area contributed by atoms with Crippen molar-refractivity contribution in [2.45, 2.75) is 6.54 Å². The van der Waals surface area contributed by atoms with E-state index in [0.29, 0.717) is 26.2 Å². The molecular weight excluding hydrogens is 365 g/mol. The van der Waals surface area contributed by atoms with E-state index < -0.39 is 0 Å². The second-order valence-electron chi connectivity index (χ2n) is 5.65. The molecule has 0 unspecified atom stereocenters. The summed E-state index contributed by atoms with van der Waals surface area (Å²) < 4.78 is 10.4. The molecule has 0 spiro atoms. The molecule has 1 N–H and O–H groups in total. The number of amides is 1. The standard InChI is InChI=1S/C17H27N3O3.2ClH/c1-19(17(21)13-18-7-10-22-2)14-15-5-3-4-6-16(15)20-8-11-23-12-9-20;;/h3-6,18H,7-14H2,1-2H3;2*1H. The predicted octanol–water partition coefficient (Wildman–Crippen LogP) is 1.56. The van der Waals surface area contributed by atoms with Gasteiger partial charge in [0.05, 0.1) is 26.4 Å². The zero-order valence-corrected chi connectivity index (χ0v) is 16.5. The van der Waals surface area contributed by atoms with Crippen LogP contribution in [0.4, 0.5) is 5.69 Å². The Kier molecular flexibility index (Phi) is 12.6. The summed E-state index contributed by atoms with van der Waals surface area (Å²) in [5.41, 5.74) is 2.37. The molecule has 1 fully saturated rings. The Morgan fingerprint density at radius 2 is 1.96 bits per heavy atom. The first-order valence-electron chi connectivity index (χ1n) is 8.06. The number of carbonyl (C=O) groups excluding carboxylic acids is 1. The Balaban J connectivity index is 0.00000288. The predicted molar refractivity (Wildman–Crippen MR) is 105 cm³/mol. The summed E-state index contributed by atoms with van der Waals surface area (Å²) in [6.45, 7) is 5.54. The summed E-state index contributed by atoms with van der Waals surface area (Å²) in [7, 11) is 3.49. The quantitative estimate of drug-likeness (QED) is 0.679. The number of benzene rings is 1. The van der Waals surface area contributed by atoms with Crippen LogP contribution in [0.2, 0.25) is 0 Å². The fourth-order valence-electron chi connectivity index (χ4n) is 2.61. The van der Waals surface area contributed by atoms with Crippen LogP contribution in [-0.2, 0) is 20.8 Å². The number of carbonyl (C=O) groups is 1. The molecular formula is C17H29Cl2N3O3. The normalized spacial score (nSPS) is 13.6. The molecule has 0 bridgehead atoms. The van der Waals surface area contributed by atoms with E-state index in [-0.39, 0.29) is 30.7 Å². The van der Waals surface area contributed by atoms with Crippen LogP contribution in [0, 0.1) is 0 Å². The van der Waals surface area contributed by atoms with Gasteiger partial charge in [-0.1, -0.05) is 18.2 Å². The molecule has 6 nitrogen and oxygen atoms in total. The highest BCUT2D eigenvalue weighted by atomic mass is 35.5. The van der Waals surface area contributed by atoms with Gasteiger partial charge in [-0.2, -0.15) is 0 Å². The first-order chi connectivity index (χ1) is 11.2. The van der Waals surface area contributed by atoms with Crippen LogP contribution in [0.5, 0.6) is 0 Å². The summed E-state index contributed by atoms with van der Waals surface area (Å²) in [6.07, 6.45) is 0. The smallest absolute Gasteiger partial charge is 0.236 e. The maximum Gasteiger partial charge on any atom is 0.236 e. The second kappa shape index (κ2) is 13.2. The zero-order valence-electron chi connectivity index (χ0n) is 14.9. The van der Waals surface area contributed by atoms with Crippen molar-refractivity contribution in [3.63, 3.8) is 0 Å². The van der Waals surface area contributed by atoms with Crippen LogP contribution in [0.3, 0.4) is 0 Å². The van der Waals surface area contributed by atoms with Crippen LogP contribution in [0.25, 0.3) is 0 Å². The molecule has 2 rings (SSSR count). The fourth-order valence-corrected chi connectivity index (χ4v) is 2.61. The number of rotatable bonds is 8. The molecule has 0 atom stereocenters. The topological polar surface area (TPSA) is 54.0 Å². The van der Waals surface area contributed by atoms with E-state index in [4.69, 9.17) is 9.47 Å². The van der Waals surface area contributed by atoms with E-state index >= 15 is 0 Å². The summed E-state index contributed by atoms with van der Waals surface area (Å²) in [5.74, 6) is 0.0814. The van der Waals surface area contributed by atoms with Crippen molar-refractivity contribution in [3.05, 3.63) is 29.8 Å². The highest BCUT2D eigenvalue weighted by molar-refractivity contribution is 5.85. The highest BCUT2D eigenvalue weighted by Gasteiger charge is 2.16. The van der Waals surface area contributed by atoms with Gasteiger partial charge in [0.25, 0.3) is 0 Å². The number of methoxy groups -OCH3 is 1. The molecule has 0 saturated carbocycles. The van der Waals surface area contributed by atoms with E-state index in [2.05, 4.69) is 22.3 Å². The SMILES string of the molecule is COCCNCC(=O)N(C)Cc1ccccc1N1CCOCC1.Cl.Cl. The summed E-state index contributed by atoms with van der Waals surface area (Å²) in [5, 5.41) is 3.09. The van der Waals surface area contributed by atoms with Gasteiger partial charge in [-0.3, -0.25) is 4.79 Å². The number of halogens is 2. The number of hydrogen-bond donors (Lipinski definition) is 1. The first kappa shape index (κ1) is 23.9. The maximum absolute atomic E-state index is 12.2. The van der Waals surface area contributed by atoms with Crippen molar-refractivity contribution in [2.75, 3.05) is 65.1 Å². The minimum atomic E-state index is 0. The number of morpholine rings is 1. The second-order valence-corrected chi connectivity index (χ2v) is 5.65. The molecule has 1 aromatic carbocycles. The average molecular weight is 394 g/mol. The molecule has 8 heteroatoms. The highest BCUT2D eigenvalue weighted by Crippen LogP contribution is 2.22. The Morgan fingerprint density at radius 1 is 1.28 bits per heavy atom. The molecule has 1 heterocycles. The molecule has 1 aliphatic heterocycles. The number of likely N-dealkylation sites (N-methyl/N-ethyl adjacent to an activating group) is 1. The Morgan fingerprint density at radius 3 is 2.64 bits per heavy atom. The lowest BCUT2D eigenvalue weighted by atomic mass is 10.1. The lowest BCUT2D eigenvalue weighted by molar-refractivity contribution is -0.129. The monoisotopic (exact) mass is 393 g/mol. The fraction of sp³-hybridized carbons (Fsp3) is 0.588. The number of nitrogens with zero attached hydrogens (tertiary/aromatic N) is 2. The third-order valence-electron chi connectivity index (χ3n) is 3.94. The van der Waals surface area contributed by atoms with Crippen LogP contribution in [0.1, 0.15) is 5.56 Å². The third-order valence-corrected chi connectivity index (χ3v) is 3.94. The largest absolute Gasteiger partial charge is 0.383 e. The van der Waals surface area contributed by atoms with Crippen molar-refractivity contribution in [1.82, 2.24) is 10.2 Å². The zero-order chi connectivity index (χ0) is 16.5. The molecule has 1 saturated heterocycles. The van der Waals surface area contributed by atoms with Crippen LogP contribution in [-0.4, -0.2) is 71.0 Å². The van der Waals surface area contributed by atoms with Crippen molar-refractivity contribution in [3.8, 4) is 0 Å². The number of para-hydroxylation sites is 1. The van der Waals surface area contributed by atoms with Gasteiger partial charge in [0, 0.05) is 46.0 Å². The Hall–Kier alpha value is -1.05. The molecule has 0 aliphatic carbocycles. The molecule has 1 amide bonds. The summed E-state index contributed by atoms with van der Waals surface area (Å²) in [4.78, 5) is 16.3. The molecule has 25 heavy (non-hydrogen) atoms. The Bertz CT molecular complexity index is 500. The van der Waals surface area contributed by atoms with Crippen LogP contribution in [0.15, 0.2) is 24.3 Å². The summed E-state index contributed by atoms with van der Waals surface area (Å²) in [6, 6.07) is 8.28. The number of anilines is 1. The van der Waals surface area contributed by atoms with Crippen molar-refractivity contribution in [2.24, 2.45) is 0 Å².